The zero-order valence-corrected chi connectivity index (χ0v) is 16.8. The summed E-state index contributed by atoms with van der Waals surface area (Å²) < 4.78 is 0. The predicted octanol–water partition coefficient (Wildman–Crippen LogP) is 2.88. The van der Waals surface area contributed by atoms with Crippen molar-refractivity contribution in [2.45, 2.75) is 13.3 Å². The zero-order chi connectivity index (χ0) is 20.1. The minimum absolute atomic E-state index is 0.160. The summed E-state index contributed by atoms with van der Waals surface area (Å²) in [6, 6.07) is 16.3. The smallest absolute Gasteiger partial charge is 0.271 e. The van der Waals surface area contributed by atoms with Crippen LogP contribution in [0.2, 0.25) is 0 Å². The first-order valence-electron chi connectivity index (χ1n) is 10.2. The molecular weight excluding hydrogens is 362 g/mol. The summed E-state index contributed by atoms with van der Waals surface area (Å²) in [7, 11) is 0. The van der Waals surface area contributed by atoms with E-state index in [1.165, 1.54) is 11.3 Å². The fourth-order valence-corrected chi connectivity index (χ4v) is 3.72. The number of para-hydroxylation sites is 2. The topological polar surface area (TPSA) is 61.4 Å². The number of benzene rings is 2. The lowest BCUT2D eigenvalue weighted by Gasteiger charge is -2.36. The second kappa shape index (κ2) is 9.01. The van der Waals surface area contributed by atoms with E-state index in [9.17, 15) is 4.79 Å². The minimum atomic E-state index is -0.160. The number of nitrogens with one attached hydrogen (secondary N) is 1. The van der Waals surface area contributed by atoms with Crippen molar-refractivity contribution in [1.82, 2.24) is 20.2 Å². The van der Waals surface area contributed by atoms with Crippen LogP contribution in [0.25, 0.3) is 11.0 Å². The maximum absolute atomic E-state index is 12.3. The lowest BCUT2D eigenvalue weighted by molar-refractivity contribution is 0.0946. The zero-order valence-electron chi connectivity index (χ0n) is 16.8. The van der Waals surface area contributed by atoms with Crippen LogP contribution in [-0.2, 0) is 0 Å². The molecule has 0 aliphatic carbocycles. The fourth-order valence-electron chi connectivity index (χ4n) is 3.72. The summed E-state index contributed by atoms with van der Waals surface area (Å²) in [5, 5.41) is 2.97. The molecule has 1 fully saturated rings. The molecule has 2 heterocycles. The van der Waals surface area contributed by atoms with Gasteiger partial charge in [0.05, 0.1) is 17.2 Å². The third-order valence-electron chi connectivity index (χ3n) is 5.36. The number of nitrogens with zero attached hydrogens (tertiary/aromatic N) is 4. The third-order valence-corrected chi connectivity index (χ3v) is 5.36. The molecule has 0 radical (unpaired) electrons. The Morgan fingerprint density at radius 1 is 1.03 bits per heavy atom. The van der Waals surface area contributed by atoms with Gasteiger partial charge in [-0.1, -0.05) is 24.3 Å². The van der Waals surface area contributed by atoms with Crippen molar-refractivity contribution in [2.75, 3.05) is 44.2 Å². The van der Waals surface area contributed by atoms with Gasteiger partial charge >= 0.3 is 0 Å². The highest BCUT2D eigenvalue weighted by Crippen LogP contribution is 2.17. The van der Waals surface area contributed by atoms with Gasteiger partial charge < -0.3 is 10.2 Å². The van der Waals surface area contributed by atoms with Crippen molar-refractivity contribution in [3.8, 4) is 0 Å². The van der Waals surface area contributed by atoms with Gasteiger partial charge in [-0.05, 0) is 49.7 Å². The molecule has 1 N–H and O–H groups in total. The molecule has 1 aromatic heterocycles. The summed E-state index contributed by atoms with van der Waals surface area (Å²) in [6.45, 7) is 7.97. The van der Waals surface area contributed by atoms with E-state index in [0.717, 1.165) is 50.2 Å². The van der Waals surface area contributed by atoms with Gasteiger partial charge in [-0.2, -0.15) is 0 Å². The van der Waals surface area contributed by atoms with Gasteiger partial charge in [0.1, 0.15) is 5.69 Å². The Kier molecular flexibility index (Phi) is 6.00. The Morgan fingerprint density at radius 3 is 2.62 bits per heavy atom. The van der Waals surface area contributed by atoms with E-state index in [2.05, 4.69) is 56.3 Å². The van der Waals surface area contributed by atoms with E-state index < -0.39 is 0 Å². The van der Waals surface area contributed by atoms with Crippen molar-refractivity contribution >= 4 is 22.6 Å². The number of anilines is 1. The Morgan fingerprint density at radius 2 is 1.83 bits per heavy atom. The fraction of sp³-hybridized carbons (Fsp3) is 0.348. The number of carbonyl (C=O) groups is 1. The van der Waals surface area contributed by atoms with Crippen LogP contribution in [0.1, 0.15) is 22.5 Å². The van der Waals surface area contributed by atoms with Crippen molar-refractivity contribution in [1.29, 1.82) is 0 Å². The van der Waals surface area contributed by atoms with E-state index in [1.54, 1.807) is 6.20 Å². The van der Waals surface area contributed by atoms with Crippen LogP contribution in [0.3, 0.4) is 0 Å². The van der Waals surface area contributed by atoms with Gasteiger partial charge in [-0.25, -0.2) is 4.98 Å². The average Bonchev–Trinajstić information content (AvgIpc) is 2.76. The Balaban J connectivity index is 1.19. The molecule has 1 amide bonds. The number of carbonyl (C=O) groups excluding carboxylic acids is 1. The average molecular weight is 390 g/mol. The summed E-state index contributed by atoms with van der Waals surface area (Å²) in [4.78, 5) is 25.9. The highest BCUT2D eigenvalue weighted by Gasteiger charge is 2.17. The van der Waals surface area contributed by atoms with Crippen molar-refractivity contribution in [3.63, 3.8) is 0 Å². The molecule has 29 heavy (non-hydrogen) atoms. The van der Waals surface area contributed by atoms with Crippen LogP contribution in [0.5, 0.6) is 0 Å². The second-order valence-electron chi connectivity index (χ2n) is 7.52. The second-order valence-corrected chi connectivity index (χ2v) is 7.52. The lowest BCUT2D eigenvalue weighted by Crippen LogP contribution is -2.47. The van der Waals surface area contributed by atoms with Gasteiger partial charge in [0.15, 0.2) is 0 Å². The highest BCUT2D eigenvalue weighted by molar-refractivity contribution is 5.93. The number of amides is 1. The molecule has 0 saturated carbocycles. The molecule has 0 atom stereocenters. The molecule has 0 spiro atoms. The molecule has 1 aliphatic heterocycles. The first kappa shape index (κ1) is 19.3. The summed E-state index contributed by atoms with van der Waals surface area (Å²) in [5.41, 5.74) is 4.53. The third kappa shape index (κ3) is 4.90. The highest BCUT2D eigenvalue weighted by atomic mass is 16.1. The van der Waals surface area contributed by atoms with Gasteiger partial charge in [0, 0.05) is 38.4 Å². The molecule has 6 heteroatoms. The number of hydrogen-bond acceptors (Lipinski definition) is 5. The Hall–Kier alpha value is -2.99. The van der Waals surface area contributed by atoms with Crippen LogP contribution >= 0.6 is 0 Å². The first-order chi connectivity index (χ1) is 14.2. The lowest BCUT2D eigenvalue weighted by atomic mass is 10.2. The molecule has 2 aromatic carbocycles. The summed E-state index contributed by atoms with van der Waals surface area (Å²) >= 11 is 0. The number of piperazine rings is 1. The van der Waals surface area contributed by atoms with Gasteiger partial charge in [-0.3, -0.25) is 14.7 Å². The number of fused-ring (bicyclic) bond motifs is 1. The van der Waals surface area contributed by atoms with E-state index in [0.29, 0.717) is 12.2 Å². The number of aromatic nitrogens is 2. The van der Waals surface area contributed by atoms with E-state index in [4.69, 9.17) is 0 Å². The first-order valence-corrected chi connectivity index (χ1v) is 10.2. The molecule has 4 rings (SSSR count). The molecular formula is C23H27N5O. The molecule has 0 bridgehead atoms. The van der Waals surface area contributed by atoms with Gasteiger partial charge in [0.25, 0.3) is 5.91 Å². The summed E-state index contributed by atoms with van der Waals surface area (Å²) in [5.74, 6) is -0.160. The van der Waals surface area contributed by atoms with Gasteiger partial charge in [0.2, 0.25) is 0 Å². The van der Waals surface area contributed by atoms with E-state index in [1.807, 2.05) is 24.3 Å². The molecule has 6 nitrogen and oxygen atoms in total. The van der Waals surface area contributed by atoms with E-state index >= 15 is 0 Å². The number of rotatable bonds is 6. The molecule has 0 unspecified atom stereocenters. The van der Waals surface area contributed by atoms with Crippen LogP contribution in [0.4, 0.5) is 5.69 Å². The summed E-state index contributed by atoms with van der Waals surface area (Å²) in [6.07, 6.45) is 2.47. The monoisotopic (exact) mass is 389 g/mol. The normalized spacial score (nSPS) is 14.9. The van der Waals surface area contributed by atoms with Crippen LogP contribution < -0.4 is 10.2 Å². The Bertz CT molecular complexity index is 982. The van der Waals surface area contributed by atoms with Crippen LogP contribution in [-0.4, -0.2) is 60.0 Å². The SMILES string of the molecule is Cc1cccc(N2CCN(CCCNC(=O)c3cnc4ccccc4n3)CC2)c1. The van der Waals surface area contributed by atoms with Crippen molar-refractivity contribution in [2.24, 2.45) is 0 Å². The minimum Gasteiger partial charge on any atom is -0.369 e. The maximum atomic E-state index is 12.3. The molecule has 150 valence electrons. The maximum Gasteiger partial charge on any atom is 0.271 e. The van der Waals surface area contributed by atoms with Crippen LogP contribution in [0.15, 0.2) is 54.7 Å². The Labute approximate surface area is 171 Å². The molecule has 3 aromatic rings. The van der Waals surface area contributed by atoms with Crippen LogP contribution in [0, 0.1) is 6.92 Å². The standard InChI is InChI=1S/C23H27N5O/c1-18-6-4-7-19(16-18)28-14-12-27(13-15-28)11-5-10-24-23(29)22-17-25-20-8-2-3-9-21(20)26-22/h2-4,6-9,16-17H,5,10-15H2,1H3,(H,24,29). The number of aryl methyl sites for hydroxylation is 1. The molecule has 1 saturated heterocycles. The largest absolute Gasteiger partial charge is 0.369 e. The van der Waals surface area contributed by atoms with Crippen molar-refractivity contribution in [3.05, 3.63) is 66.0 Å². The van der Waals surface area contributed by atoms with Crippen molar-refractivity contribution < 1.29 is 4.79 Å². The van der Waals surface area contributed by atoms with Gasteiger partial charge in [-0.15, -0.1) is 0 Å². The number of hydrogen-bond donors (Lipinski definition) is 1. The molecule has 1 aliphatic rings. The van der Waals surface area contributed by atoms with E-state index in [-0.39, 0.29) is 5.91 Å². The predicted molar refractivity (Wildman–Crippen MR) is 116 cm³/mol. The quantitative estimate of drug-likeness (QED) is 0.657.